The number of rotatable bonds is 7. The third kappa shape index (κ3) is 3.78. The van der Waals surface area contributed by atoms with E-state index >= 15 is 0 Å². The molecule has 4 aromatic rings. The summed E-state index contributed by atoms with van der Waals surface area (Å²) in [6.45, 7) is 0.670. The first-order valence-corrected chi connectivity index (χ1v) is 9.68. The van der Waals surface area contributed by atoms with E-state index in [1.807, 2.05) is 35.7 Å². The zero-order valence-electron chi connectivity index (χ0n) is 13.9. The normalized spacial score (nSPS) is 11.0. The molecule has 7 nitrogen and oxygen atoms in total. The number of ether oxygens (including phenoxy) is 1. The number of methoxy groups -OCH3 is 1. The number of thiophene rings is 1. The number of nitrogens with zero attached hydrogens (tertiary/aromatic N) is 5. The highest BCUT2D eigenvalue weighted by molar-refractivity contribution is 7.98. The van der Waals surface area contributed by atoms with Crippen LogP contribution in [0.4, 0.5) is 0 Å². The van der Waals surface area contributed by atoms with Gasteiger partial charge in [-0.15, -0.1) is 16.4 Å². The van der Waals surface area contributed by atoms with Crippen LogP contribution in [0, 0.1) is 0 Å². The van der Waals surface area contributed by atoms with Gasteiger partial charge in [-0.2, -0.15) is 0 Å². The summed E-state index contributed by atoms with van der Waals surface area (Å²) in [7, 11) is 1.64. The second-order valence-corrected chi connectivity index (χ2v) is 7.33. The summed E-state index contributed by atoms with van der Waals surface area (Å²) < 4.78 is 12.5. The second-order valence-electron chi connectivity index (χ2n) is 5.36. The lowest BCUT2D eigenvalue weighted by molar-refractivity contribution is 0.415. The largest absolute Gasteiger partial charge is 0.497 e. The molecule has 0 amide bonds. The summed E-state index contributed by atoms with van der Waals surface area (Å²) in [5.74, 6) is 2.01. The summed E-state index contributed by atoms with van der Waals surface area (Å²) >= 11 is 3.22. The van der Waals surface area contributed by atoms with Crippen LogP contribution in [0.5, 0.6) is 5.75 Å². The van der Waals surface area contributed by atoms with Gasteiger partial charge in [0.2, 0.25) is 11.0 Å². The fourth-order valence-electron chi connectivity index (χ4n) is 2.33. The maximum atomic E-state index is 5.59. The van der Waals surface area contributed by atoms with Gasteiger partial charge < -0.3 is 9.15 Å². The number of benzene rings is 1. The van der Waals surface area contributed by atoms with Gasteiger partial charge >= 0.3 is 0 Å². The van der Waals surface area contributed by atoms with Gasteiger partial charge in [0.05, 0.1) is 19.3 Å². The van der Waals surface area contributed by atoms with Crippen LogP contribution in [-0.2, 0) is 12.3 Å². The average molecular weight is 385 g/mol. The summed E-state index contributed by atoms with van der Waals surface area (Å²) in [4.78, 5) is 5.75. The van der Waals surface area contributed by atoms with Gasteiger partial charge in [-0.3, -0.25) is 0 Å². The molecule has 0 spiro atoms. The van der Waals surface area contributed by atoms with Gasteiger partial charge in [-0.05, 0) is 46.1 Å². The van der Waals surface area contributed by atoms with Crippen LogP contribution < -0.4 is 4.74 Å². The molecule has 0 saturated carbocycles. The zero-order valence-corrected chi connectivity index (χ0v) is 15.5. The molecule has 0 radical (unpaired) electrons. The van der Waals surface area contributed by atoms with Crippen molar-refractivity contribution in [3.8, 4) is 17.2 Å². The summed E-state index contributed by atoms with van der Waals surface area (Å²) in [6, 6.07) is 11.7. The van der Waals surface area contributed by atoms with Gasteiger partial charge in [-0.25, -0.2) is 9.67 Å². The number of hydrogen-bond acceptors (Lipinski definition) is 8. The fraction of sp³-hybridized carbons (Fsp3) is 0.176. The van der Waals surface area contributed by atoms with Crippen LogP contribution >= 0.6 is 23.1 Å². The lowest BCUT2D eigenvalue weighted by atomic mass is 10.2. The monoisotopic (exact) mass is 385 g/mol. The lowest BCUT2D eigenvalue weighted by Gasteiger charge is -2.01. The Balaban J connectivity index is 1.41. The Bertz CT molecular complexity index is 963. The van der Waals surface area contributed by atoms with Crippen molar-refractivity contribution in [2.75, 3.05) is 7.11 Å². The molecule has 0 aliphatic rings. The lowest BCUT2D eigenvalue weighted by Crippen LogP contribution is -2.02. The van der Waals surface area contributed by atoms with Crippen molar-refractivity contribution in [1.29, 1.82) is 0 Å². The first-order chi connectivity index (χ1) is 12.8. The van der Waals surface area contributed by atoms with E-state index in [1.165, 1.54) is 16.6 Å². The molecule has 1 aromatic carbocycles. The highest BCUT2D eigenvalue weighted by Gasteiger charge is 2.11. The molecule has 0 unspecified atom stereocenters. The van der Waals surface area contributed by atoms with E-state index in [9.17, 15) is 0 Å². The highest BCUT2D eigenvalue weighted by Crippen LogP contribution is 2.25. The van der Waals surface area contributed by atoms with Crippen LogP contribution in [0.15, 0.2) is 57.6 Å². The fourth-order valence-corrected chi connectivity index (χ4v) is 3.77. The van der Waals surface area contributed by atoms with Gasteiger partial charge in [0.25, 0.3) is 0 Å². The summed E-state index contributed by atoms with van der Waals surface area (Å²) in [5, 5.41) is 14.7. The molecule has 26 heavy (non-hydrogen) atoms. The van der Waals surface area contributed by atoms with Crippen molar-refractivity contribution in [2.45, 2.75) is 17.5 Å². The van der Waals surface area contributed by atoms with Gasteiger partial charge in [0.15, 0.2) is 0 Å². The minimum Gasteiger partial charge on any atom is -0.497 e. The standard InChI is InChI=1S/C17H15N5O2S2/c1-23-14-6-4-12(5-7-14)16-18-13(10-24-16)11-26-17-19-20-21-22(17)9-15-3-2-8-25-15/h2-8,10H,9,11H2,1H3. The van der Waals surface area contributed by atoms with Gasteiger partial charge in [-0.1, -0.05) is 17.8 Å². The second kappa shape index (κ2) is 7.71. The number of hydrogen-bond donors (Lipinski definition) is 0. The first kappa shape index (κ1) is 16.8. The predicted octanol–water partition coefficient (Wildman–Crippen LogP) is 3.74. The van der Waals surface area contributed by atoms with Crippen molar-refractivity contribution in [3.63, 3.8) is 0 Å². The van der Waals surface area contributed by atoms with Gasteiger partial charge in [0.1, 0.15) is 12.0 Å². The van der Waals surface area contributed by atoms with Crippen molar-refractivity contribution < 1.29 is 9.15 Å². The Kier molecular flexibility index (Phi) is 4.98. The van der Waals surface area contributed by atoms with Crippen LogP contribution in [0.25, 0.3) is 11.5 Å². The zero-order chi connectivity index (χ0) is 17.8. The Hall–Kier alpha value is -2.65. The van der Waals surface area contributed by atoms with E-state index in [4.69, 9.17) is 9.15 Å². The molecule has 0 aliphatic carbocycles. The maximum Gasteiger partial charge on any atom is 0.226 e. The van der Waals surface area contributed by atoms with Crippen molar-refractivity contribution in [3.05, 3.63) is 58.6 Å². The Morgan fingerprint density at radius 3 is 2.88 bits per heavy atom. The molecule has 4 rings (SSSR count). The molecule has 9 heteroatoms. The van der Waals surface area contributed by atoms with E-state index in [2.05, 4.69) is 26.6 Å². The average Bonchev–Trinajstić information content (AvgIpc) is 3.43. The molecule has 132 valence electrons. The quantitative estimate of drug-likeness (QED) is 0.448. The maximum absolute atomic E-state index is 5.59. The smallest absolute Gasteiger partial charge is 0.226 e. The number of tetrazole rings is 1. The van der Waals surface area contributed by atoms with E-state index < -0.39 is 0 Å². The molecular weight excluding hydrogens is 370 g/mol. The van der Waals surface area contributed by atoms with Gasteiger partial charge in [0, 0.05) is 16.2 Å². The Morgan fingerprint density at radius 2 is 2.12 bits per heavy atom. The SMILES string of the molecule is COc1ccc(-c2nc(CSc3nnnn3Cc3cccs3)co2)cc1. The molecule has 3 heterocycles. The molecule has 0 N–H and O–H groups in total. The van der Waals surface area contributed by atoms with Crippen molar-refractivity contribution in [2.24, 2.45) is 0 Å². The first-order valence-electron chi connectivity index (χ1n) is 7.82. The van der Waals surface area contributed by atoms with E-state index in [0.717, 1.165) is 22.2 Å². The number of oxazole rings is 1. The minimum absolute atomic E-state index is 0.585. The molecular formula is C17H15N5O2S2. The van der Waals surface area contributed by atoms with Crippen LogP contribution in [0.3, 0.4) is 0 Å². The number of aromatic nitrogens is 5. The molecule has 3 aromatic heterocycles. The van der Waals surface area contributed by atoms with Crippen LogP contribution in [-0.4, -0.2) is 32.3 Å². The van der Waals surface area contributed by atoms with E-state index in [-0.39, 0.29) is 0 Å². The Labute approximate surface area is 158 Å². The molecule has 0 aliphatic heterocycles. The highest BCUT2D eigenvalue weighted by atomic mass is 32.2. The molecule has 0 atom stereocenters. The predicted molar refractivity (Wildman–Crippen MR) is 99.3 cm³/mol. The third-order valence-corrected chi connectivity index (χ3v) is 5.47. The van der Waals surface area contributed by atoms with E-state index in [1.54, 1.807) is 29.4 Å². The van der Waals surface area contributed by atoms with Crippen molar-refractivity contribution in [1.82, 2.24) is 25.2 Å². The minimum atomic E-state index is 0.585. The third-order valence-electron chi connectivity index (χ3n) is 3.62. The van der Waals surface area contributed by atoms with E-state index in [0.29, 0.717) is 18.2 Å². The van der Waals surface area contributed by atoms with Crippen molar-refractivity contribution >= 4 is 23.1 Å². The Morgan fingerprint density at radius 1 is 1.23 bits per heavy atom. The molecule has 0 saturated heterocycles. The molecule has 0 fully saturated rings. The topological polar surface area (TPSA) is 78.9 Å². The summed E-state index contributed by atoms with van der Waals surface area (Å²) in [5.41, 5.74) is 1.75. The summed E-state index contributed by atoms with van der Waals surface area (Å²) in [6.07, 6.45) is 1.67. The number of thioether (sulfide) groups is 1. The van der Waals surface area contributed by atoms with Crippen LogP contribution in [0.1, 0.15) is 10.6 Å². The van der Waals surface area contributed by atoms with Crippen LogP contribution in [0.2, 0.25) is 0 Å². The molecule has 0 bridgehead atoms.